The summed E-state index contributed by atoms with van der Waals surface area (Å²) in [6.07, 6.45) is -1.82. The molecule has 17 heavy (non-hydrogen) atoms. The number of hydrogen-bond donors (Lipinski definition) is 0. The lowest BCUT2D eigenvalue weighted by molar-refractivity contribution is -0.142. The minimum Gasteiger partial charge on any atom is -0.466 e. The molecule has 6 heteroatoms. The van der Waals surface area contributed by atoms with E-state index in [9.17, 15) is 13.6 Å². The molecule has 1 rings (SSSR count). The molecule has 0 saturated heterocycles. The third kappa shape index (κ3) is 3.36. The van der Waals surface area contributed by atoms with Crippen LogP contribution in [0.4, 0.5) is 8.78 Å². The van der Waals surface area contributed by atoms with Crippen molar-refractivity contribution >= 4 is 17.6 Å². The van der Waals surface area contributed by atoms with Crippen LogP contribution in [0.5, 0.6) is 0 Å². The predicted octanol–water partition coefficient (Wildman–Crippen LogP) is 3.09. The highest BCUT2D eigenvalue weighted by atomic mass is 35.5. The van der Waals surface area contributed by atoms with Gasteiger partial charge in [-0.05, 0) is 25.0 Å². The number of nitrogens with zero attached hydrogens (tertiary/aromatic N) is 1. The Morgan fingerprint density at radius 2 is 2.24 bits per heavy atom. The number of pyridine rings is 1. The summed E-state index contributed by atoms with van der Waals surface area (Å²) in [6.45, 7) is 3.43. The van der Waals surface area contributed by atoms with Crippen LogP contribution >= 0.6 is 11.6 Å². The van der Waals surface area contributed by atoms with Gasteiger partial charge in [0.1, 0.15) is 5.69 Å². The molecule has 1 heterocycles. The van der Waals surface area contributed by atoms with Crippen LogP contribution in [0.25, 0.3) is 0 Å². The number of carbonyl (C=O) groups is 1. The lowest BCUT2D eigenvalue weighted by atomic mass is 10.0. The molecule has 0 N–H and O–H groups in total. The van der Waals surface area contributed by atoms with E-state index in [1.54, 1.807) is 13.8 Å². The van der Waals surface area contributed by atoms with Crippen LogP contribution in [0, 0.1) is 6.92 Å². The van der Waals surface area contributed by atoms with E-state index in [1.807, 2.05) is 0 Å². The standard InChI is InChI=1S/C11H12ClF2NO2/c1-3-17-9(16)4-7-6(2)8(12)5-15-10(7)11(13)14/h5,11H,3-4H2,1-2H3. The highest BCUT2D eigenvalue weighted by molar-refractivity contribution is 6.31. The van der Waals surface area contributed by atoms with Crippen molar-refractivity contribution in [2.24, 2.45) is 0 Å². The van der Waals surface area contributed by atoms with Crippen LogP contribution in [0.1, 0.15) is 30.2 Å². The van der Waals surface area contributed by atoms with Crippen LogP contribution in [0.15, 0.2) is 6.20 Å². The topological polar surface area (TPSA) is 39.2 Å². The molecule has 3 nitrogen and oxygen atoms in total. The van der Waals surface area contributed by atoms with E-state index < -0.39 is 18.1 Å². The molecule has 0 radical (unpaired) electrons. The fraction of sp³-hybridized carbons (Fsp3) is 0.455. The lowest BCUT2D eigenvalue weighted by Gasteiger charge is -2.11. The fourth-order valence-corrected chi connectivity index (χ4v) is 1.57. The average Bonchev–Trinajstić information content (AvgIpc) is 2.25. The Bertz CT molecular complexity index is 424. The normalized spacial score (nSPS) is 10.7. The third-order valence-electron chi connectivity index (χ3n) is 2.27. The Kier molecular flexibility index (Phi) is 4.81. The monoisotopic (exact) mass is 263 g/mol. The van der Waals surface area contributed by atoms with Gasteiger partial charge in [0, 0.05) is 6.20 Å². The number of alkyl halides is 2. The highest BCUT2D eigenvalue weighted by Gasteiger charge is 2.20. The van der Waals surface area contributed by atoms with E-state index in [-0.39, 0.29) is 23.6 Å². The minimum absolute atomic E-state index is 0.144. The number of carbonyl (C=O) groups excluding carboxylic acids is 1. The van der Waals surface area contributed by atoms with Gasteiger partial charge in [-0.3, -0.25) is 9.78 Å². The molecule has 0 fully saturated rings. The first-order valence-corrected chi connectivity index (χ1v) is 5.42. The Morgan fingerprint density at radius 1 is 1.59 bits per heavy atom. The van der Waals surface area contributed by atoms with E-state index in [4.69, 9.17) is 16.3 Å². The Hall–Kier alpha value is -1.23. The summed E-state index contributed by atoms with van der Waals surface area (Å²) in [6, 6.07) is 0. The molecule has 0 bridgehead atoms. The highest BCUT2D eigenvalue weighted by Crippen LogP contribution is 2.27. The number of ether oxygens (including phenoxy) is 1. The molecule has 0 atom stereocenters. The molecule has 0 aromatic carbocycles. The van der Waals surface area contributed by atoms with Gasteiger partial charge in [0.05, 0.1) is 18.1 Å². The van der Waals surface area contributed by atoms with Gasteiger partial charge in [0.2, 0.25) is 0 Å². The van der Waals surface area contributed by atoms with Gasteiger partial charge in [-0.2, -0.15) is 0 Å². The molecule has 0 aliphatic heterocycles. The zero-order valence-electron chi connectivity index (χ0n) is 9.47. The number of aromatic nitrogens is 1. The SMILES string of the molecule is CCOC(=O)Cc1c(C(F)F)ncc(Cl)c1C. The second-order valence-corrected chi connectivity index (χ2v) is 3.78. The largest absolute Gasteiger partial charge is 0.466 e. The van der Waals surface area contributed by atoms with Crippen LogP contribution in [-0.2, 0) is 16.0 Å². The molecule has 1 aromatic heterocycles. The number of rotatable bonds is 4. The van der Waals surface area contributed by atoms with E-state index >= 15 is 0 Å². The summed E-state index contributed by atoms with van der Waals surface area (Å²) in [5, 5.41) is 0.258. The maximum Gasteiger partial charge on any atom is 0.310 e. The Balaban J connectivity index is 3.10. The smallest absolute Gasteiger partial charge is 0.310 e. The molecule has 0 spiro atoms. The van der Waals surface area contributed by atoms with E-state index in [2.05, 4.69) is 4.98 Å². The summed E-state index contributed by atoms with van der Waals surface area (Å²) in [7, 11) is 0. The molecule has 0 saturated carbocycles. The second-order valence-electron chi connectivity index (χ2n) is 3.38. The average molecular weight is 264 g/mol. The van der Waals surface area contributed by atoms with E-state index in [0.29, 0.717) is 5.56 Å². The summed E-state index contributed by atoms with van der Waals surface area (Å²) in [5.74, 6) is -0.568. The Labute approximate surface area is 103 Å². The zero-order chi connectivity index (χ0) is 13.0. The van der Waals surface area contributed by atoms with Crippen molar-refractivity contribution in [3.05, 3.63) is 28.0 Å². The van der Waals surface area contributed by atoms with Crippen molar-refractivity contribution in [2.45, 2.75) is 26.7 Å². The number of halogens is 3. The fourth-order valence-electron chi connectivity index (χ4n) is 1.40. The lowest BCUT2D eigenvalue weighted by Crippen LogP contribution is -2.12. The second kappa shape index (κ2) is 5.91. The maximum atomic E-state index is 12.7. The molecule has 1 aromatic rings. The number of esters is 1. The van der Waals surface area contributed by atoms with Crippen molar-refractivity contribution < 1.29 is 18.3 Å². The first-order chi connectivity index (χ1) is 7.97. The van der Waals surface area contributed by atoms with Gasteiger partial charge in [-0.25, -0.2) is 8.78 Å². The van der Waals surface area contributed by atoms with E-state index in [1.165, 1.54) is 0 Å². The van der Waals surface area contributed by atoms with Gasteiger partial charge in [-0.15, -0.1) is 0 Å². The zero-order valence-corrected chi connectivity index (χ0v) is 10.2. The van der Waals surface area contributed by atoms with Crippen molar-refractivity contribution in [3.63, 3.8) is 0 Å². The molecule has 0 unspecified atom stereocenters. The van der Waals surface area contributed by atoms with Crippen LogP contribution < -0.4 is 0 Å². The molecular weight excluding hydrogens is 252 g/mol. The summed E-state index contributed by atoms with van der Waals surface area (Å²) < 4.78 is 30.2. The van der Waals surface area contributed by atoms with Gasteiger partial charge >= 0.3 is 5.97 Å². The van der Waals surface area contributed by atoms with Crippen molar-refractivity contribution in [1.29, 1.82) is 0 Å². The summed E-state index contributed by atoms with van der Waals surface area (Å²) in [5.41, 5.74) is 0.163. The van der Waals surface area contributed by atoms with Crippen LogP contribution in [0.2, 0.25) is 5.02 Å². The van der Waals surface area contributed by atoms with Crippen LogP contribution in [-0.4, -0.2) is 17.6 Å². The molecule has 0 aliphatic carbocycles. The molecular formula is C11H12ClF2NO2. The quantitative estimate of drug-likeness (QED) is 0.784. The molecule has 94 valence electrons. The van der Waals surface area contributed by atoms with Crippen LogP contribution in [0.3, 0.4) is 0 Å². The number of hydrogen-bond acceptors (Lipinski definition) is 3. The summed E-state index contributed by atoms with van der Waals surface area (Å²) in [4.78, 5) is 14.9. The van der Waals surface area contributed by atoms with E-state index in [0.717, 1.165) is 6.20 Å². The predicted molar refractivity (Wildman–Crippen MR) is 59.3 cm³/mol. The summed E-state index contributed by atoms with van der Waals surface area (Å²) >= 11 is 5.79. The minimum atomic E-state index is -2.74. The van der Waals surface area contributed by atoms with Crippen molar-refractivity contribution in [3.8, 4) is 0 Å². The van der Waals surface area contributed by atoms with Gasteiger partial charge in [0.25, 0.3) is 6.43 Å². The molecule has 0 amide bonds. The Morgan fingerprint density at radius 3 is 2.76 bits per heavy atom. The van der Waals surface area contributed by atoms with Gasteiger partial charge < -0.3 is 4.74 Å². The first kappa shape index (κ1) is 13.8. The third-order valence-corrected chi connectivity index (χ3v) is 2.65. The maximum absolute atomic E-state index is 12.7. The van der Waals surface area contributed by atoms with Gasteiger partial charge in [-0.1, -0.05) is 11.6 Å². The van der Waals surface area contributed by atoms with Gasteiger partial charge in [0.15, 0.2) is 0 Å². The first-order valence-electron chi connectivity index (χ1n) is 5.05. The van der Waals surface area contributed by atoms with Crippen molar-refractivity contribution in [1.82, 2.24) is 4.98 Å². The molecule has 0 aliphatic rings. The van der Waals surface area contributed by atoms with Crippen molar-refractivity contribution in [2.75, 3.05) is 6.61 Å².